The van der Waals surface area contributed by atoms with Gasteiger partial charge in [-0.2, -0.15) is 13.2 Å². The van der Waals surface area contributed by atoms with Gasteiger partial charge >= 0.3 is 6.18 Å². The number of hydrogen-bond acceptors (Lipinski definition) is 13. The van der Waals surface area contributed by atoms with Crippen molar-refractivity contribution in [3.8, 4) is 0 Å². The number of carbonyl (C=O) groups is 12. The van der Waals surface area contributed by atoms with E-state index in [0.29, 0.717) is 31.2 Å². The lowest BCUT2D eigenvalue weighted by atomic mass is 9.84. The molecular weight excluding hydrogens is 1300 g/mol. The Kier molecular flexibility index (Phi) is 26.6. The van der Waals surface area contributed by atoms with Crippen molar-refractivity contribution in [3.63, 3.8) is 0 Å². The second-order valence-electron chi connectivity index (χ2n) is 28.4. The fourth-order valence-electron chi connectivity index (χ4n) is 14.6. The summed E-state index contributed by atoms with van der Waals surface area (Å²) >= 11 is 6.16. The average Bonchev–Trinajstić information content (AvgIpc) is 1.41. The van der Waals surface area contributed by atoms with Gasteiger partial charge in [0.25, 0.3) is 0 Å². The molecule has 6 aliphatic rings. The van der Waals surface area contributed by atoms with E-state index in [1.165, 1.54) is 103 Å². The predicted octanol–water partition coefficient (Wildman–Crippen LogP) is 4.24. The topological polar surface area (TPSA) is 279 Å². The number of hydrogen-bond donors (Lipinski definition) is 3. The highest BCUT2D eigenvalue weighted by Crippen LogP contribution is 2.37. The monoisotopic (exact) mass is 1400 g/mol. The number of nitrogens with one attached hydrogen (secondary N) is 3. The molecule has 4 saturated heterocycles. The molecule has 546 valence electrons. The molecule has 1 aromatic carbocycles. The molecule has 0 radical (unpaired) electrons. The summed E-state index contributed by atoms with van der Waals surface area (Å²) in [6.07, 6.45) is 1.21. The van der Waals surface area contributed by atoms with Crippen LogP contribution in [0.3, 0.4) is 0 Å². The number of rotatable bonds is 9. The molecule has 98 heavy (non-hydrogen) atoms. The van der Waals surface area contributed by atoms with Gasteiger partial charge in [0, 0.05) is 68.5 Å². The number of carbonyl (C=O) groups excluding carboxylic acids is 12. The van der Waals surface area contributed by atoms with E-state index in [4.69, 9.17) is 16.3 Å². The second-order valence-corrected chi connectivity index (χ2v) is 28.8. The van der Waals surface area contributed by atoms with E-state index in [1.807, 2.05) is 6.92 Å². The number of halogens is 4. The number of nitrogens with zero attached hydrogens (tertiary/aromatic N) is 9. The Morgan fingerprint density at radius 1 is 0.633 bits per heavy atom. The molecule has 1 aromatic rings. The van der Waals surface area contributed by atoms with Crippen molar-refractivity contribution in [1.82, 2.24) is 60.0 Å². The van der Waals surface area contributed by atoms with Crippen molar-refractivity contribution in [2.45, 2.75) is 230 Å². The van der Waals surface area contributed by atoms with Gasteiger partial charge in [0.15, 0.2) is 0 Å². The van der Waals surface area contributed by atoms with E-state index in [2.05, 4.69) is 16.0 Å². The highest BCUT2D eigenvalue weighted by molar-refractivity contribution is 6.31. The maximum absolute atomic E-state index is 15.4. The summed E-state index contributed by atoms with van der Waals surface area (Å²) in [6.45, 7) is 12.2. The van der Waals surface area contributed by atoms with Crippen molar-refractivity contribution in [2.24, 2.45) is 17.8 Å². The Labute approximate surface area is 579 Å². The molecule has 0 bridgehead atoms. The number of fused-ring (bicyclic) bond motifs is 2. The summed E-state index contributed by atoms with van der Waals surface area (Å²) in [5, 5.41) is 8.06. The third-order valence-corrected chi connectivity index (χ3v) is 22.2. The fourth-order valence-corrected chi connectivity index (χ4v) is 15.0. The zero-order valence-corrected chi connectivity index (χ0v) is 60.1. The Bertz CT molecular complexity index is 3120. The van der Waals surface area contributed by atoms with Gasteiger partial charge < -0.3 is 64.8 Å². The van der Waals surface area contributed by atoms with Gasteiger partial charge in [0.2, 0.25) is 70.9 Å². The van der Waals surface area contributed by atoms with E-state index in [0.717, 1.165) is 54.0 Å². The number of aryl methyl sites for hydroxylation is 1. The number of benzene rings is 1. The standard InChI is InChI=1S/C69H104ClF3N12O13/c1-14-41(4)55-65(95)79(10)44(7)60(90)85-32-28-51(85)62(92)80(11)52(38-45-21-16-15-17-22-45)63(93)78(9)43(6)57(87)74-49(27-25-46-24-26-47(48(70)37-46)69(71,72)73)61(91)84-31-20-23-50(84)59(89)76-68(29-18-19-30-68)67(97)82(13)56(40(2)3)66(96)81(12)53(64(94)83-33-35-98-36-34-83)39-54(86)77(8)42(5)58(88)75-55/h24,26,37,40-45,49-53,55-56H,14-23,25,27-36,38-39H2,1-13H3,(H,74,87)(H,75,88)(H,76,89)/t41-,42-,43+,44-,49-,50-,51-,52-,53-,55-,56-/m0/s1. The molecular formula is C69H104ClF3N12O13. The van der Waals surface area contributed by atoms with Crippen LogP contribution in [-0.2, 0) is 74.9 Å². The highest BCUT2D eigenvalue weighted by Gasteiger charge is 2.52. The van der Waals surface area contributed by atoms with Gasteiger partial charge in [-0.25, -0.2) is 0 Å². The third kappa shape index (κ3) is 17.5. The molecule has 3 N–H and O–H groups in total. The number of ether oxygens (including phenoxy) is 1. The summed E-state index contributed by atoms with van der Waals surface area (Å²) in [7, 11) is 8.44. The zero-order valence-electron chi connectivity index (χ0n) is 59.3. The third-order valence-electron chi connectivity index (χ3n) is 21.8. The first-order chi connectivity index (χ1) is 46.1. The van der Waals surface area contributed by atoms with Gasteiger partial charge in [-0.3, -0.25) is 57.5 Å². The number of morpholine rings is 1. The fraction of sp³-hybridized carbons (Fsp3) is 0.739. The molecule has 0 unspecified atom stereocenters. The molecule has 6 fully saturated rings. The average molecular weight is 1400 g/mol. The van der Waals surface area contributed by atoms with E-state index in [1.54, 1.807) is 20.8 Å². The van der Waals surface area contributed by atoms with Crippen LogP contribution in [0.2, 0.25) is 5.02 Å². The lowest BCUT2D eigenvalue weighted by molar-refractivity contribution is -0.160. The minimum Gasteiger partial charge on any atom is -0.378 e. The SMILES string of the molecule is CC[C@H](C)[C@@H]1NC(=O)[C@H](C)N(C)C(=O)C[C@@H](C(=O)N2CCOCC2)N(C)C(=O)[C@H](C(C)C)N(C)C(=O)C2(CCCC2)NC(=O)[C@@H]2CCCN2C(=O)[C@H](CCc2ccc(C(F)(F)F)c(Cl)c2)NC(=O)[C@@H](C)N(C)C(=O)[C@H](CC2CCCCC2)N(C)C(=O)[C@@H]2CCN2C(=O)[C@H](C)N(C)C1=O. The van der Waals surface area contributed by atoms with Gasteiger partial charge in [0.05, 0.1) is 30.2 Å². The van der Waals surface area contributed by atoms with E-state index >= 15 is 24.0 Å². The Morgan fingerprint density at radius 3 is 1.82 bits per heavy atom. The first-order valence-electron chi connectivity index (χ1n) is 34.9. The quantitative estimate of drug-likeness (QED) is 0.313. The lowest BCUT2D eigenvalue weighted by Crippen LogP contribution is -2.65. The summed E-state index contributed by atoms with van der Waals surface area (Å²) in [6, 6.07) is -9.38. The summed E-state index contributed by atoms with van der Waals surface area (Å²) in [4.78, 5) is 190. The highest BCUT2D eigenvalue weighted by atomic mass is 35.5. The van der Waals surface area contributed by atoms with Crippen LogP contribution in [0, 0.1) is 17.8 Å². The Balaban J connectivity index is 1.28. The van der Waals surface area contributed by atoms with Crippen LogP contribution < -0.4 is 16.0 Å². The van der Waals surface area contributed by atoms with Crippen molar-refractivity contribution in [3.05, 3.63) is 34.3 Å². The van der Waals surface area contributed by atoms with Crippen molar-refractivity contribution in [2.75, 3.05) is 81.7 Å². The second kappa shape index (κ2) is 33.4. The van der Waals surface area contributed by atoms with E-state index in [-0.39, 0.29) is 90.3 Å². The summed E-state index contributed by atoms with van der Waals surface area (Å²) in [5.41, 5.74) is -2.38. The maximum Gasteiger partial charge on any atom is 0.417 e. The Morgan fingerprint density at radius 2 is 1.23 bits per heavy atom. The minimum atomic E-state index is -4.76. The van der Waals surface area contributed by atoms with Crippen molar-refractivity contribution < 1.29 is 75.4 Å². The molecule has 11 atom stereocenters. The molecule has 4 aliphatic heterocycles. The maximum atomic E-state index is 15.4. The van der Waals surface area contributed by atoms with Gasteiger partial charge in [-0.05, 0) is 108 Å². The first-order valence-corrected chi connectivity index (χ1v) is 35.3. The molecule has 25 nitrogen and oxygen atoms in total. The van der Waals surface area contributed by atoms with Crippen LogP contribution in [0.15, 0.2) is 18.2 Å². The van der Waals surface area contributed by atoms with Gasteiger partial charge in [0.1, 0.15) is 66.0 Å². The summed E-state index contributed by atoms with van der Waals surface area (Å²) < 4.78 is 47.2. The van der Waals surface area contributed by atoms with Crippen LogP contribution in [0.25, 0.3) is 0 Å². The molecule has 1 spiro atoms. The predicted molar refractivity (Wildman–Crippen MR) is 357 cm³/mol. The van der Waals surface area contributed by atoms with Crippen LogP contribution in [0.5, 0.6) is 0 Å². The molecule has 0 aromatic heterocycles. The molecule has 2 saturated carbocycles. The normalized spacial score (nSPS) is 28.8. The molecule has 2 aliphatic carbocycles. The van der Waals surface area contributed by atoms with Crippen LogP contribution in [0.1, 0.15) is 162 Å². The molecule has 12 amide bonds. The number of alkyl halides is 3. The smallest absolute Gasteiger partial charge is 0.378 e. The van der Waals surface area contributed by atoms with Crippen LogP contribution in [0.4, 0.5) is 13.2 Å². The zero-order chi connectivity index (χ0) is 72.6. The Hall–Kier alpha value is -7.10. The molecule has 7 rings (SSSR count). The van der Waals surface area contributed by atoms with Crippen LogP contribution >= 0.6 is 11.6 Å². The molecule has 4 heterocycles. The van der Waals surface area contributed by atoms with Crippen molar-refractivity contribution >= 4 is 82.5 Å². The lowest BCUT2D eigenvalue weighted by Gasteiger charge is -2.45. The van der Waals surface area contributed by atoms with Crippen molar-refractivity contribution in [1.29, 1.82) is 0 Å². The molecule has 29 heteroatoms. The number of amides is 12. The van der Waals surface area contributed by atoms with Gasteiger partial charge in [-0.15, -0.1) is 0 Å². The van der Waals surface area contributed by atoms with Crippen LogP contribution in [-0.4, -0.2) is 263 Å². The van der Waals surface area contributed by atoms with E-state index in [9.17, 15) is 46.7 Å². The van der Waals surface area contributed by atoms with Gasteiger partial charge in [-0.1, -0.05) is 96.7 Å². The first kappa shape index (κ1) is 78.2. The van der Waals surface area contributed by atoms with E-state index < -0.39 is 172 Å². The largest absolute Gasteiger partial charge is 0.417 e. The minimum absolute atomic E-state index is 0.0126. The summed E-state index contributed by atoms with van der Waals surface area (Å²) in [5.74, 6) is -9.09. The number of likely N-dealkylation sites (N-methyl/N-ethyl adjacent to an activating group) is 6.